The number of nitrogens with one attached hydrogen (secondary N) is 1. The van der Waals surface area contributed by atoms with Gasteiger partial charge in [0.1, 0.15) is 5.82 Å². The molecule has 0 fully saturated rings. The van der Waals surface area contributed by atoms with Gasteiger partial charge in [0.25, 0.3) is 0 Å². The van der Waals surface area contributed by atoms with Crippen LogP contribution in [-0.2, 0) is 18.3 Å². The number of anilines is 1. The Bertz CT molecular complexity index is 677. The molecule has 0 aliphatic carbocycles. The molecular weight excluding hydrogens is 271 g/mol. The molecule has 0 unspecified atom stereocenters. The molecule has 2 aromatic rings. The third kappa shape index (κ3) is 3.07. The van der Waals surface area contributed by atoms with Crippen LogP contribution in [0.25, 0.3) is 0 Å². The predicted molar refractivity (Wildman–Crippen MR) is 80.0 cm³/mol. The monoisotopic (exact) mass is 290 g/mol. The second kappa shape index (κ2) is 5.99. The lowest BCUT2D eigenvalue weighted by Crippen LogP contribution is -2.09. The van der Waals surface area contributed by atoms with Crippen molar-refractivity contribution in [3.8, 4) is 0 Å². The summed E-state index contributed by atoms with van der Waals surface area (Å²) in [5.41, 5.74) is 4.15. The number of methoxy groups -OCH3 is 1. The van der Waals surface area contributed by atoms with Gasteiger partial charge in [-0.15, -0.1) is 0 Å². The third-order valence-corrected chi connectivity index (χ3v) is 3.74. The van der Waals surface area contributed by atoms with Crippen molar-refractivity contribution in [1.29, 1.82) is 0 Å². The minimum absolute atomic E-state index is 0.323. The van der Waals surface area contributed by atoms with E-state index in [0.29, 0.717) is 17.8 Å². The molecule has 1 aromatic heterocycles. The number of carbonyl (C=O) groups is 1. The van der Waals surface area contributed by atoms with Crippen LogP contribution >= 0.6 is 0 Å². The molecule has 0 atom stereocenters. The lowest BCUT2D eigenvalue weighted by Gasteiger charge is -2.11. The van der Waals surface area contributed by atoms with Gasteiger partial charge in [-0.25, -0.2) is 9.18 Å². The molecular formula is C16H19FN2O2. The zero-order valence-electron chi connectivity index (χ0n) is 12.7. The van der Waals surface area contributed by atoms with Gasteiger partial charge in [-0.05, 0) is 43.7 Å². The summed E-state index contributed by atoms with van der Waals surface area (Å²) in [5.74, 6) is -0.885. The van der Waals surface area contributed by atoms with Gasteiger partial charge < -0.3 is 14.6 Å². The Morgan fingerprint density at radius 1 is 1.33 bits per heavy atom. The maximum atomic E-state index is 13.4. The van der Waals surface area contributed by atoms with Gasteiger partial charge in [-0.2, -0.15) is 0 Å². The number of hydrogen-bond acceptors (Lipinski definition) is 3. The van der Waals surface area contributed by atoms with Gasteiger partial charge >= 0.3 is 5.97 Å². The van der Waals surface area contributed by atoms with Gasteiger partial charge in [-0.1, -0.05) is 0 Å². The van der Waals surface area contributed by atoms with Gasteiger partial charge in [-0.3, -0.25) is 0 Å². The molecule has 2 rings (SSSR count). The van der Waals surface area contributed by atoms with Crippen LogP contribution < -0.4 is 5.32 Å². The van der Waals surface area contributed by atoms with E-state index in [-0.39, 0.29) is 0 Å². The first kappa shape index (κ1) is 15.1. The Morgan fingerprint density at radius 2 is 2.05 bits per heavy atom. The quantitative estimate of drug-likeness (QED) is 0.879. The molecule has 5 heteroatoms. The van der Waals surface area contributed by atoms with Crippen LogP contribution in [-0.4, -0.2) is 17.6 Å². The van der Waals surface area contributed by atoms with E-state index in [2.05, 4.69) is 16.0 Å². The second-order valence-corrected chi connectivity index (χ2v) is 4.99. The normalized spacial score (nSPS) is 10.5. The summed E-state index contributed by atoms with van der Waals surface area (Å²) in [5, 5.41) is 3.11. The van der Waals surface area contributed by atoms with E-state index < -0.39 is 11.8 Å². The van der Waals surface area contributed by atoms with Gasteiger partial charge in [0, 0.05) is 25.0 Å². The molecule has 0 amide bonds. The molecule has 0 spiro atoms. The first-order valence-electron chi connectivity index (χ1n) is 6.67. The number of aryl methyl sites for hydroxylation is 1. The zero-order valence-corrected chi connectivity index (χ0v) is 12.7. The minimum Gasteiger partial charge on any atom is -0.465 e. The van der Waals surface area contributed by atoms with Gasteiger partial charge in [0.05, 0.1) is 18.4 Å². The first-order valence-corrected chi connectivity index (χ1v) is 6.67. The highest BCUT2D eigenvalue weighted by atomic mass is 19.1. The van der Waals surface area contributed by atoms with E-state index in [1.54, 1.807) is 0 Å². The fourth-order valence-corrected chi connectivity index (χ4v) is 2.25. The lowest BCUT2D eigenvalue weighted by molar-refractivity contribution is 0.0602. The van der Waals surface area contributed by atoms with Crippen molar-refractivity contribution in [3.05, 3.63) is 52.6 Å². The number of hydrogen-bond donors (Lipinski definition) is 1. The number of esters is 1. The Morgan fingerprint density at radius 3 is 2.62 bits per heavy atom. The number of halogens is 1. The van der Waals surface area contributed by atoms with Gasteiger partial charge in [0.2, 0.25) is 0 Å². The van der Waals surface area contributed by atoms with Crippen molar-refractivity contribution in [2.45, 2.75) is 20.4 Å². The first-order chi connectivity index (χ1) is 9.93. The van der Waals surface area contributed by atoms with Crippen molar-refractivity contribution < 1.29 is 13.9 Å². The predicted octanol–water partition coefficient (Wildman–Crippen LogP) is 3.18. The molecule has 0 radical (unpaired) electrons. The summed E-state index contributed by atoms with van der Waals surface area (Å²) in [7, 11) is 3.30. The largest absolute Gasteiger partial charge is 0.465 e. The van der Waals surface area contributed by atoms with E-state index in [9.17, 15) is 9.18 Å². The third-order valence-electron chi connectivity index (χ3n) is 3.74. The van der Waals surface area contributed by atoms with Crippen LogP contribution in [0.2, 0.25) is 0 Å². The van der Waals surface area contributed by atoms with Gasteiger partial charge in [0.15, 0.2) is 0 Å². The fourth-order valence-electron chi connectivity index (χ4n) is 2.25. The Labute approximate surface area is 123 Å². The molecule has 0 saturated heterocycles. The van der Waals surface area contributed by atoms with E-state index in [1.807, 2.05) is 20.9 Å². The number of carbonyl (C=O) groups excluding carboxylic acids is 1. The van der Waals surface area contributed by atoms with E-state index in [4.69, 9.17) is 4.74 Å². The topological polar surface area (TPSA) is 43.3 Å². The number of rotatable bonds is 4. The van der Waals surface area contributed by atoms with Crippen LogP contribution in [0.5, 0.6) is 0 Å². The Balaban J connectivity index is 2.25. The average Bonchev–Trinajstić information content (AvgIpc) is 2.71. The maximum absolute atomic E-state index is 13.4. The number of aromatic nitrogens is 1. The molecule has 21 heavy (non-hydrogen) atoms. The number of ether oxygens (including phenoxy) is 1. The zero-order chi connectivity index (χ0) is 15.6. The Hall–Kier alpha value is -2.30. The average molecular weight is 290 g/mol. The van der Waals surface area contributed by atoms with Crippen LogP contribution in [0.1, 0.15) is 27.3 Å². The minimum atomic E-state index is -0.488. The number of nitrogens with zero attached hydrogens (tertiary/aromatic N) is 1. The summed E-state index contributed by atoms with van der Waals surface area (Å²) in [6, 6.07) is 6.04. The van der Waals surface area contributed by atoms with E-state index in [0.717, 1.165) is 17.0 Å². The molecule has 1 N–H and O–H groups in total. The molecule has 0 saturated carbocycles. The standard InChI is InChI=1S/C16H19FN2O2/c1-10-7-12(11(2)19(10)3)9-18-15-8-13(17)5-6-14(15)16(20)21-4/h5-8,18H,9H2,1-4H3. The van der Waals surface area contributed by atoms with Crippen LogP contribution in [0.4, 0.5) is 10.1 Å². The number of benzene rings is 1. The van der Waals surface area contributed by atoms with Crippen molar-refractivity contribution in [1.82, 2.24) is 4.57 Å². The summed E-state index contributed by atoms with van der Waals surface area (Å²) in [4.78, 5) is 11.7. The Kier molecular flexibility index (Phi) is 4.31. The SMILES string of the molecule is COC(=O)c1ccc(F)cc1NCc1cc(C)n(C)c1C. The van der Waals surface area contributed by atoms with Crippen molar-refractivity contribution >= 4 is 11.7 Å². The van der Waals surface area contributed by atoms with Crippen LogP contribution in [0.15, 0.2) is 24.3 Å². The van der Waals surface area contributed by atoms with Crippen LogP contribution in [0, 0.1) is 19.7 Å². The molecule has 0 aliphatic rings. The second-order valence-electron chi connectivity index (χ2n) is 4.99. The molecule has 0 aliphatic heterocycles. The smallest absolute Gasteiger partial charge is 0.339 e. The van der Waals surface area contributed by atoms with E-state index >= 15 is 0 Å². The summed E-state index contributed by atoms with van der Waals surface area (Å²) in [6.45, 7) is 4.57. The fraction of sp³-hybridized carbons (Fsp3) is 0.312. The van der Waals surface area contributed by atoms with Crippen molar-refractivity contribution in [2.75, 3.05) is 12.4 Å². The van der Waals surface area contributed by atoms with Crippen LogP contribution in [0.3, 0.4) is 0 Å². The summed E-state index contributed by atoms with van der Waals surface area (Å²) in [6.07, 6.45) is 0. The molecule has 4 nitrogen and oxygen atoms in total. The maximum Gasteiger partial charge on any atom is 0.339 e. The summed E-state index contributed by atoms with van der Waals surface area (Å²) < 4.78 is 20.2. The van der Waals surface area contributed by atoms with Crippen molar-refractivity contribution in [2.24, 2.45) is 7.05 Å². The highest BCUT2D eigenvalue weighted by Crippen LogP contribution is 2.21. The van der Waals surface area contributed by atoms with E-state index in [1.165, 1.54) is 25.3 Å². The summed E-state index contributed by atoms with van der Waals surface area (Å²) >= 11 is 0. The molecule has 1 aromatic carbocycles. The molecule has 1 heterocycles. The molecule has 0 bridgehead atoms. The highest BCUT2D eigenvalue weighted by molar-refractivity contribution is 5.95. The lowest BCUT2D eigenvalue weighted by atomic mass is 10.1. The highest BCUT2D eigenvalue weighted by Gasteiger charge is 2.13. The molecule has 112 valence electrons. The van der Waals surface area contributed by atoms with Crippen molar-refractivity contribution in [3.63, 3.8) is 0 Å².